The molecule has 1 heterocycles. The van der Waals surface area contributed by atoms with E-state index in [1.807, 2.05) is 0 Å². The summed E-state index contributed by atoms with van der Waals surface area (Å²) in [5, 5.41) is 17.1. The number of aliphatic carboxylic acids is 1. The molecule has 0 aliphatic rings. The normalized spacial score (nSPS) is 10.5. The van der Waals surface area contributed by atoms with Crippen LogP contribution in [-0.4, -0.2) is 21.2 Å². The summed E-state index contributed by atoms with van der Waals surface area (Å²) in [5.41, 5.74) is 1.16. The van der Waals surface area contributed by atoms with Gasteiger partial charge >= 0.3 is 5.97 Å². The second kappa shape index (κ2) is 4.37. The maximum Gasteiger partial charge on any atom is 0.328 e. The van der Waals surface area contributed by atoms with Crippen molar-refractivity contribution in [3.05, 3.63) is 35.7 Å². The van der Waals surface area contributed by atoms with Gasteiger partial charge in [0.25, 0.3) is 0 Å². The molecular weight excluding hydrogens is 170 g/mol. The minimum Gasteiger partial charge on any atom is -0.478 e. The van der Waals surface area contributed by atoms with Crippen LogP contribution in [0.15, 0.2) is 18.3 Å². The van der Waals surface area contributed by atoms with Crippen molar-refractivity contribution in [1.29, 1.82) is 0 Å². The van der Waals surface area contributed by atoms with Crippen molar-refractivity contribution in [2.45, 2.75) is 6.61 Å². The van der Waals surface area contributed by atoms with Crippen molar-refractivity contribution in [3.63, 3.8) is 0 Å². The topological polar surface area (TPSA) is 70.4 Å². The monoisotopic (exact) mass is 178 g/mol. The molecule has 2 N–H and O–H groups in total. The van der Waals surface area contributed by atoms with E-state index < -0.39 is 5.97 Å². The summed E-state index contributed by atoms with van der Waals surface area (Å²) < 4.78 is 0. The van der Waals surface area contributed by atoms with Crippen LogP contribution in [0.1, 0.15) is 11.1 Å². The minimum atomic E-state index is -1.02. The third kappa shape index (κ3) is 3.04. The standard InChI is InChI=1S/C9H8NO3/c11-6-8-3-7(4-10-5-8)1-2-9(12)13/h1-4,11H,6H2,(H,12,13)/b2-1+. The van der Waals surface area contributed by atoms with Gasteiger partial charge in [-0.1, -0.05) is 0 Å². The molecule has 0 spiro atoms. The quantitative estimate of drug-likeness (QED) is 0.660. The molecule has 0 aliphatic carbocycles. The van der Waals surface area contributed by atoms with Gasteiger partial charge in [0.2, 0.25) is 0 Å². The van der Waals surface area contributed by atoms with Crippen LogP contribution in [0, 0.1) is 6.20 Å². The van der Waals surface area contributed by atoms with Crippen LogP contribution in [-0.2, 0) is 11.4 Å². The smallest absolute Gasteiger partial charge is 0.328 e. The second-order valence-corrected chi connectivity index (χ2v) is 2.37. The highest BCUT2D eigenvalue weighted by Gasteiger charge is 1.93. The van der Waals surface area contributed by atoms with Gasteiger partial charge in [0.15, 0.2) is 0 Å². The molecule has 67 valence electrons. The number of hydrogen-bond acceptors (Lipinski definition) is 3. The molecule has 0 amide bonds. The lowest BCUT2D eigenvalue weighted by molar-refractivity contribution is -0.131. The van der Waals surface area contributed by atoms with Gasteiger partial charge in [-0.3, -0.25) is 4.98 Å². The highest BCUT2D eigenvalue weighted by molar-refractivity contribution is 5.85. The summed E-state index contributed by atoms with van der Waals surface area (Å²) >= 11 is 0. The molecule has 1 aromatic heterocycles. The lowest BCUT2D eigenvalue weighted by Crippen LogP contribution is -1.89. The average molecular weight is 178 g/mol. The first kappa shape index (κ1) is 9.41. The van der Waals surface area contributed by atoms with Crippen molar-refractivity contribution in [1.82, 2.24) is 4.98 Å². The summed E-state index contributed by atoms with van der Waals surface area (Å²) in [5.74, 6) is -1.02. The Balaban J connectivity index is 2.83. The Morgan fingerprint density at radius 1 is 1.69 bits per heavy atom. The predicted molar refractivity (Wildman–Crippen MR) is 45.7 cm³/mol. The third-order valence-electron chi connectivity index (χ3n) is 1.35. The van der Waals surface area contributed by atoms with E-state index in [4.69, 9.17) is 10.2 Å². The summed E-state index contributed by atoms with van der Waals surface area (Å²) in [4.78, 5) is 13.9. The molecule has 0 saturated heterocycles. The Kier molecular flexibility index (Phi) is 3.16. The van der Waals surface area contributed by atoms with E-state index in [0.717, 1.165) is 6.08 Å². The van der Waals surface area contributed by atoms with Crippen LogP contribution < -0.4 is 0 Å². The Morgan fingerprint density at radius 3 is 3.08 bits per heavy atom. The first-order valence-corrected chi connectivity index (χ1v) is 3.61. The van der Waals surface area contributed by atoms with Gasteiger partial charge in [-0.2, -0.15) is 0 Å². The fourth-order valence-corrected chi connectivity index (χ4v) is 0.800. The van der Waals surface area contributed by atoms with E-state index in [9.17, 15) is 4.79 Å². The number of hydrogen-bond donors (Lipinski definition) is 2. The van der Waals surface area contributed by atoms with Gasteiger partial charge in [0.1, 0.15) is 0 Å². The summed E-state index contributed by atoms with van der Waals surface area (Å²) in [6.45, 7) is -0.151. The van der Waals surface area contributed by atoms with Crippen LogP contribution in [0.5, 0.6) is 0 Å². The van der Waals surface area contributed by atoms with Crippen molar-refractivity contribution in [2.75, 3.05) is 0 Å². The number of pyridine rings is 1. The molecule has 1 aromatic rings. The van der Waals surface area contributed by atoms with E-state index >= 15 is 0 Å². The maximum atomic E-state index is 10.2. The van der Waals surface area contributed by atoms with E-state index in [-0.39, 0.29) is 6.61 Å². The van der Waals surface area contributed by atoms with Crippen molar-refractivity contribution < 1.29 is 15.0 Å². The Labute approximate surface area is 75.2 Å². The third-order valence-corrected chi connectivity index (χ3v) is 1.35. The number of nitrogens with zero attached hydrogens (tertiary/aromatic N) is 1. The fraction of sp³-hybridized carbons (Fsp3) is 0.111. The second-order valence-electron chi connectivity index (χ2n) is 2.37. The van der Waals surface area contributed by atoms with E-state index in [2.05, 4.69) is 11.2 Å². The zero-order valence-electron chi connectivity index (χ0n) is 6.77. The van der Waals surface area contributed by atoms with Crippen LogP contribution in [0.3, 0.4) is 0 Å². The molecule has 0 aromatic carbocycles. The molecule has 0 aliphatic heterocycles. The van der Waals surface area contributed by atoms with Gasteiger partial charge < -0.3 is 10.2 Å². The Morgan fingerprint density at radius 2 is 2.46 bits per heavy atom. The number of aliphatic hydroxyl groups is 1. The lowest BCUT2D eigenvalue weighted by Gasteiger charge is -1.95. The van der Waals surface area contributed by atoms with Gasteiger partial charge in [-0.25, -0.2) is 4.79 Å². The molecule has 4 heteroatoms. The SMILES string of the molecule is O=C(O)/C=C/c1cn[c]c(CO)c1. The molecule has 0 atom stereocenters. The Hall–Kier alpha value is -1.68. The van der Waals surface area contributed by atoms with Gasteiger partial charge in [0.05, 0.1) is 12.8 Å². The number of carbonyl (C=O) groups is 1. The zero-order chi connectivity index (χ0) is 9.68. The largest absolute Gasteiger partial charge is 0.478 e. The fourth-order valence-electron chi connectivity index (χ4n) is 0.800. The molecule has 1 rings (SSSR count). The number of carboxylic acids is 1. The maximum absolute atomic E-state index is 10.2. The lowest BCUT2D eigenvalue weighted by atomic mass is 10.2. The van der Waals surface area contributed by atoms with Gasteiger partial charge in [0, 0.05) is 17.8 Å². The van der Waals surface area contributed by atoms with Crippen molar-refractivity contribution in [3.8, 4) is 0 Å². The molecular formula is C9H8NO3. The molecule has 0 unspecified atom stereocenters. The van der Waals surface area contributed by atoms with Crippen molar-refractivity contribution in [2.24, 2.45) is 0 Å². The average Bonchev–Trinajstić information content (AvgIpc) is 2.15. The van der Waals surface area contributed by atoms with E-state index in [1.165, 1.54) is 12.3 Å². The summed E-state index contributed by atoms with van der Waals surface area (Å²) in [7, 11) is 0. The number of carboxylic acid groups (broad SMARTS) is 1. The zero-order valence-corrected chi connectivity index (χ0v) is 6.77. The van der Waals surface area contributed by atoms with Crippen LogP contribution in [0.25, 0.3) is 6.08 Å². The van der Waals surface area contributed by atoms with Crippen LogP contribution in [0.2, 0.25) is 0 Å². The number of aromatic nitrogens is 1. The molecule has 1 radical (unpaired) electrons. The summed E-state index contributed by atoms with van der Waals surface area (Å²) in [6.07, 6.45) is 6.45. The van der Waals surface area contributed by atoms with E-state index in [1.54, 1.807) is 6.07 Å². The Bertz CT molecular complexity index is 333. The number of aliphatic hydroxyl groups excluding tert-OH is 1. The summed E-state index contributed by atoms with van der Waals surface area (Å²) in [6, 6.07) is 1.62. The minimum absolute atomic E-state index is 0.151. The highest BCUT2D eigenvalue weighted by Crippen LogP contribution is 2.03. The van der Waals surface area contributed by atoms with E-state index in [0.29, 0.717) is 11.1 Å². The molecule has 13 heavy (non-hydrogen) atoms. The molecule has 0 fully saturated rings. The van der Waals surface area contributed by atoms with Gasteiger partial charge in [-0.15, -0.1) is 0 Å². The predicted octanol–water partition coefficient (Wildman–Crippen LogP) is 0.472. The molecule has 0 bridgehead atoms. The first-order valence-electron chi connectivity index (χ1n) is 3.61. The van der Waals surface area contributed by atoms with Crippen LogP contribution >= 0.6 is 0 Å². The van der Waals surface area contributed by atoms with Crippen LogP contribution in [0.4, 0.5) is 0 Å². The van der Waals surface area contributed by atoms with Gasteiger partial charge in [-0.05, 0) is 17.7 Å². The molecule has 4 nitrogen and oxygen atoms in total. The number of rotatable bonds is 3. The molecule has 0 saturated carbocycles. The first-order chi connectivity index (χ1) is 6.22. The van der Waals surface area contributed by atoms with Crippen molar-refractivity contribution >= 4 is 12.0 Å². The highest BCUT2D eigenvalue weighted by atomic mass is 16.4.